The normalized spacial score (nSPS) is 16.1. The molecular weight excluding hydrogens is 421 g/mol. The summed E-state index contributed by atoms with van der Waals surface area (Å²) in [5.74, 6) is -0.240. The average Bonchev–Trinajstić information content (AvgIpc) is 3.25. The molecule has 1 aromatic heterocycles. The molecule has 1 aliphatic rings. The lowest BCUT2D eigenvalue weighted by atomic mass is 10.0. The van der Waals surface area contributed by atoms with Crippen molar-refractivity contribution in [2.45, 2.75) is 38.8 Å². The van der Waals surface area contributed by atoms with Crippen molar-refractivity contribution in [3.63, 3.8) is 0 Å². The number of piperidine rings is 1. The zero-order chi connectivity index (χ0) is 23.2. The highest BCUT2D eigenvalue weighted by atomic mass is 19.1. The molecule has 2 heterocycles. The third-order valence-corrected chi connectivity index (χ3v) is 6.18. The van der Waals surface area contributed by atoms with Gasteiger partial charge in [-0.2, -0.15) is 0 Å². The Morgan fingerprint density at radius 1 is 1.18 bits per heavy atom. The van der Waals surface area contributed by atoms with Crippen LogP contribution in [-0.2, 0) is 11.3 Å². The van der Waals surface area contributed by atoms with Gasteiger partial charge in [0.05, 0.1) is 24.3 Å². The molecule has 0 saturated carbocycles. The predicted octanol–water partition coefficient (Wildman–Crippen LogP) is 5.15. The van der Waals surface area contributed by atoms with Gasteiger partial charge in [-0.3, -0.25) is 4.79 Å². The third-order valence-electron chi connectivity index (χ3n) is 6.18. The number of nitrogens with zero attached hydrogens (tertiary/aromatic N) is 3. The van der Waals surface area contributed by atoms with Crippen LogP contribution in [0, 0.1) is 5.82 Å². The number of hydrogen-bond acceptors (Lipinski definition) is 5. The molecule has 1 fully saturated rings. The Hall–Kier alpha value is -3.19. The number of benzene rings is 2. The molecule has 2 aromatic carbocycles. The Bertz CT molecular complexity index is 1070. The van der Waals surface area contributed by atoms with Crippen LogP contribution in [0.25, 0.3) is 11.3 Å². The molecule has 1 unspecified atom stereocenters. The molecule has 0 aliphatic carbocycles. The van der Waals surface area contributed by atoms with E-state index in [1.807, 2.05) is 30.3 Å². The Balaban J connectivity index is 1.74. The van der Waals surface area contributed by atoms with E-state index in [9.17, 15) is 9.18 Å². The van der Waals surface area contributed by atoms with Crippen molar-refractivity contribution in [1.29, 1.82) is 0 Å². The first-order valence-corrected chi connectivity index (χ1v) is 11.4. The quantitative estimate of drug-likeness (QED) is 0.474. The standard InChI is InChI=1S/C26H30FN3O3/c1-19-10-8-9-15-30(19)26-22(24(28-33-26)20-11-4-3-5-12-20)18-29(16-17-32-2)25(31)21-13-6-7-14-23(21)27/h3-7,11-14,19H,8-10,15-18H2,1-2H3. The largest absolute Gasteiger partial charge is 0.383 e. The first-order valence-electron chi connectivity index (χ1n) is 11.4. The van der Waals surface area contributed by atoms with Gasteiger partial charge >= 0.3 is 0 Å². The Labute approximate surface area is 193 Å². The summed E-state index contributed by atoms with van der Waals surface area (Å²) in [5.41, 5.74) is 2.49. The lowest BCUT2D eigenvalue weighted by Crippen LogP contribution is -2.39. The summed E-state index contributed by atoms with van der Waals surface area (Å²) < 4.78 is 25.6. The van der Waals surface area contributed by atoms with Crippen LogP contribution in [0.4, 0.5) is 10.3 Å². The number of rotatable bonds is 8. The number of hydrogen-bond donors (Lipinski definition) is 0. The first-order chi connectivity index (χ1) is 16.1. The summed E-state index contributed by atoms with van der Waals surface area (Å²) in [5, 5.41) is 4.42. The maximum atomic E-state index is 14.4. The van der Waals surface area contributed by atoms with E-state index in [0.29, 0.717) is 30.8 Å². The second-order valence-electron chi connectivity index (χ2n) is 8.42. The minimum absolute atomic E-state index is 0.0409. The molecule has 0 N–H and O–H groups in total. The molecule has 3 aromatic rings. The highest BCUT2D eigenvalue weighted by Crippen LogP contribution is 2.35. The van der Waals surface area contributed by atoms with Gasteiger partial charge in [0.2, 0.25) is 5.88 Å². The Morgan fingerprint density at radius 2 is 1.94 bits per heavy atom. The van der Waals surface area contributed by atoms with Gasteiger partial charge in [0.25, 0.3) is 5.91 Å². The van der Waals surface area contributed by atoms with Gasteiger partial charge in [-0.15, -0.1) is 0 Å². The van der Waals surface area contributed by atoms with Gasteiger partial charge in [-0.25, -0.2) is 4.39 Å². The van der Waals surface area contributed by atoms with Crippen molar-refractivity contribution in [3.8, 4) is 11.3 Å². The topological polar surface area (TPSA) is 58.8 Å². The van der Waals surface area contributed by atoms with E-state index < -0.39 is 5.82 Å². The SMILES string of the molecule is COCCN(Cc1c(-c2ccccc2)noc1N1CCCCC1C)C(=O)c1ccccc1F. The minimum atomic E-state index is -0.539. The monoisotopic (exact) mass is 451 g/mol. The molecule has 1 aliphatic heterocycles. The van der Waals surface area contributed by atoms with E-state index in [-0.39, 0.29) is 18.0 Å². The molecule has 33 heavy (non-hydrogen) atoms. The Morgan fingerprint density at radius 3 is 2.67 bits per heavy atom. The maximum absolute atomic E-state index is 14.4. The number of ether oxygens (including phenoxy) is 1. The van der Waals surface area contributed by atoms with Gasteiger partial charge < -0.3 is 19.1 Å². The zero-order valence-corrected chi connectivity index (χ0v) is 19.2. The summed E-state index contributed by atoms with van der Waals surface area (Å²) in [6, 6.07) is 16.2. The summed E-state index contributed by atoms with van der Waals surface area (Å²) in [6.45, 7) is 3.94. The van der Waals surface area contributed by atoms with Gasteiger partial charge in [-0.05, 0) is 38.3 Å². The van der Waals surface area contributed by atoms with Gasteiger partial charge in [0, 0.05) is 31.8 Å². The van der Waals surface area contributed by atoms with Crippen LogP contribution >= 0.6 is 0 Å². The Kier molecular flexibility index (Phi) is 7.40. The van der Waals surface area contributed by atoms with E-state index in [1.165, 1.54) is 18.6 Å². The average molecular weight is 452 g/mol. The third kappa shape index (κ3) is 5.09. The van der Waals surface area contributed by atoms with Crippen molar-refractivity contribution in [2.24, 2.45) is 0 Å². The summed E-state index contributed by atoms with van der Waals surface area (Å²) in [6.07, 6.45) is 3.33. The molecule has 1 saturated heterocycles. The van der Waals surface area contributed by atoms with Crippen LogP contribution in [0.2, 0.25) is 0 Å². The summed E-state index contributed by atoms with van der Waals surface area (Å²) in [4.78, 5) is 17.2. The second-order valence-corrected chi connectivity index (χ2v) is 8.42. The van der Waals surface area contributed by atoms with E-state index in [0.717, 1.165) is 30.5 Å². The van der Waals surface area contributed by atoms with Crippen LogP contribution in [-0.4, -0.2) is 48.8 Å². The molecule has 0 radical (unpaired) electrons. The lowest BCUT2D eigenvalue weighted by molar-refractivity contribution is 0.0676. The van der Waals surface area contributed by atoms with E-state index in [4.69, 9.17) is 9.26 Å². The van der Waals surface area contributed by atoms with Crippen molar-refractivity contribution in [3.05, 3.63) is 71.5 Å². The molecule has 1 atom stereocenters. The molecule has 1 amide bonds. The minimum Gasteiger partial charge on any atom is -0.383 e. The summed E-state index contributed by atoms with van der Waals surface area (Å²) in [7, 11) is 1.58. The molecule has 174 valence electrons. The fraction of sp³-hybridized carbons (Fsp3) is 0.385. The number of methoxy groups -OCH3 is 1. The molecular formula is C26H30FN3O3. The lowest BCUT2D eigenvalue weighted by Gasteiger charge is -2.34. The van der Waals surface area contributed by atoms with Crippen molar-refractivity contribution < 1.29 is 18.4 Å². The number of carbonyl (C=O) groups excluding carboxylic acids is 1. The number of halogens is 1. The maximum Gasteiger partial charge on any atom is 0.257 e. The molecule has 0 bridgehead atoms. The fourth-order valence-electron chi connectivity index (χ4n) is 4.34. The second kappa shape index (κ2) is 10.6. The van der Waals surface area contributed by atoms with E-state index >= 15 is 0 Å². The number of amides is 1. The molecule has 6 nitrogen and oxygen atoms in total. The molecule has 7 heteroatoms. The van der Waals surface area contributed by atoms with Crippen LogP contribution < -0.4 is 4.90 Å². The zero-order valence-electron chi connectivity index (χ0n) is 19.2. The number of anilines is 1. The van der Waals surface area contributed by atoms with Crippen LogP contribution in [0.1, 0.15) is 42.1 Å². The van der Waals surface area contributed by atoms with Gasteiger partial charge in [0.1, 0.15) is 11.5 Å². The highest BCUT2D eigenvalue weighted by Gasteiger charge is 2.30. The van der Waals surface area contributed by atoms with Crippen molar-refractivity contribution >= 4 is 11.8 Å². The first kappa shape index (κ1) is 23.0. The predicted molar refractivity (Wildman–Crippen MR) is 126 cm³/mol. The van der Waals surface area contributed by atoms with E-state index in [2.05, 4.69) is 17.0 Å². The fourth-order valence-corrected chi connectivity index (χ4v) is 4.34. The highest BCUT2D eigenvalue weighted by molar-refractivity contribution is 5.94. The smallest absolute Gasteiger partial charge is 0.257 e. The van der Waals surface area contributed by atoms with E-state index in [1.54, 1.807) is 24.1 Å². The van der Waals surface area contributed by atoms with Crippen LogP contribution in [0.5, 0.6) is 0 Å². The van der Waals surface area contributed by atoms with Gasteiger partial charge in [-0.1, -0.05) is 47.6 Å². The molecule has 4 rings (SSSR count). The van der Waals surface area contributed by atoms with Crippen LogP contribution in [0.3, 0.4) is 0 Å². The summed E-state index contributed by atoms with van der Waals surface area (Å²) >= 11 is 0. The van der Waals surface area contributed by atoms with Crippen molar-refractivity contribution in [2.75, 3.05) is 31.7 Å². The number of carbonyl (C=O) groups is 1. The molecule has 0 spiro atoms. The van der Waals surface area contributed by atoms with Crippen molar-refractivity contribution in [1.82, 2.24) is 10.1 Å². The van der Waals surface area contributed by atoms with Crippen LogP contribution in [0.15, 0.2) is 59.1 Å². The number of aromatic nitrogens is 1. The van der Waals surface area contributed by atoms with Gasteiger partial charge in [0.15, 0.2) is 0 Å².